The van der Waals surface area contributed by atoms with Gasteiger partial charge in [-0.2, -0.15) is 0 Å². The third kappa shape index (κ3) is 3.62. The molecule has 1 aliphatic heterocycles. The first-order chi connectivity index (χ1) is 9.28. The Morgan fingerprint density at radius 2 is 1.80 bits per heavy atom. The van der Waals surface area contributed by atoms with E-state index >= 15 is 0 Å². The summed E-state index contributed by atoms with van der Waals surface area (Å²) in [6.45, 7) is 17.0. The van der Waals surface area contributed by atoms with Crippen molar-refractivity contribution in [3.05, 3.63) is 34.4 Å². The molecular weight excluding hydrogens is 244 g/mol. The van der Waals surface area contributed by atoms with Crippen LogP contribution in [0.25, 0.3) is 0 Å². The third-order valence-electron chi connectivity index (χ3n) is 4.59. The number of nitrogens with one attached hydrogen (secondary N) is 1. The van der Waals surface area contributed by atoms with Gasteiger partial charge in [-0.05, 0) is 71.2 Å². The number of rotatable bonds is 2. The highest BCUT2D eigenvalue weighted by atomic mass is 15.2. The number of benzene rings is 1. The quantitative estimate of drug-likeness (QED) is 0.887. The minimum absolute atomic E-state index is 0.206. The van der Waals surface area contributed by atoms with Crippen molar-refractivity contribution in [2.75, 3.05) is 13.1 Å². The molecule has 0 aliphatic carbocycles. The predicted molar refractivity (Wildman–Crippen MR) is 87.2 cm³/mol. The number of aryl methyl sites for hydroxylation is 3. The summed E-state index contributed by atoms with van der Waals surface area (Å²) in [5.74, 6) is 0. The molecule has 1 aromatic rings. The SMILES string of the molecule is Cc1cc(C)c(CN2CC(C)(C)NCCC2C)c(C)c1. The zero-order valence-corrected chi connectivity index (χ0v) is 14.0. The highest BCUT2D eigenvalue weighted by Gasteiger charge is 2.28. The van der Waals surface area contributed by atoms with Gasteiger partial charge in [-0.15, -0.1) is 0 Å². The van der Waals surface area contributed by atoms with E-state index in [1.807, 2.05) is 0 Å². The topological polar surface area (TPSA) is 15.3 Å². The summed E-state index contributed by atoms with van der Waals surface area (Å²) in [6.07, 6.45) is 1.23. The fourth-order valence-corrected chi connectivity index (χ4v) is 3.40. The van der Waals surface area contributed by atoms with E-state index in [0.717, 1.165) is 19.6 Å². The van der Waals surface area contributed by atoms with Gasteiger partial charge < -0.3 is 5.32 Å². The van der Waals surface area contributed by atoms with E-state index in [1.54, 1.807) is 0 Å². The molecule has 2 heteroatoms. The third-order valence-corrected chi connectivity index (χ3v) is 4.59. The molecule has 1 aromatic carbocycles. The minimum Gasteiger partial charge on any atom is -0.310 e. The van der Waals surface area contributed by atoms with Gasteiger partial charge in [0.15, 0.2) is 0 Å². The van der Waals surface area contributed by atoms with E-state index in [4.69, 9.17) is 0 Å². The Hall–Kier alpha value is -0.860. The van der Waals surface area contributed by atoms with Crippen molar-refractivity contribution in [3.8, 4) is 0 Å². The Bertz CT molecular complexity index is 453. The van der Waals surface area contributed by atoms with Crippen LogP contribution < -0.4 is 5.32 Å². The van der Waals surface area contributed by atoms with Crippen LogP contribution in [0.3, 0.4) is 0 Å². The Labute approximate surface area is 124 Å². The summed E-state index contributed by atoms with van der Waals surface area (Å²) in [4.78, 5) is 2.64. The van der Waals surface area contributed by atoms with Gasteiger partial charge in [0, 0.05) is 24.7 Å². The van der Waals surface area contributed by atoms with E-state index < -0.39 is 0 Å². The van der Waals surface area contributed by atoms with Crippen molar-refractivity contribution < 1.29 is 0 Å². The first-order valence-corrected chi connectivity index (χ1v) is 7.84. The number of hydrogen-bond donors (Lipinski definition) is 1. The monoisotopic (exact) mass is 274 g/mol. The van der Waals surface area contributed by atoms with Crippen LogP contribution in [-0.4, -0.2) is 29.6 Å². The van der Waals surface area contributed by atoms with Crippen LogP contribution in [0, 0.1) is 20.8 Å². The molecular formula is C18H30N2. The van der Waals surface area contributed by atoms with Gasteiger partial charge in [0.1, 0.15) is 0 Å². The summed E-state index contributed by atoms with van der Waals surface area (Å²) in [6, 6.07) is 5.27. The van der Waals surface area contributed by atoms with Gasteiger partial charge >= 0.3 is 0 Å². The van der Waals surface area contributed by atoms with Crippen LogP contribution >= 0.6 is 0 Å². The summed E-state index contributed by atoms with van der Waals surface area (Å²) in [7, 11) is 0. The molecule has 0 amide bonds. The van der Waals surface area contributed by atoms with E-state index in [-0.39, 0.29) is 5.54 Å². The Morgan fingerprint density at radius 1 is 1.20 bits per heavy atom. The summed E-state index contributed by atoms with van der Waals surface area (Å²) < 4.78 is 0. The predicted octanol–water partition coefficient (Wildman–Crippen LogP) is 3.57. The van der Waals surface area contributed by atoms with Crippen molar-refractivity contribution in [2.24, 2.45) is 0 Å². The zero-order chi connectivity index (χ0) is 14.9. The summed E-state index contributed by atoms with van der Waals surface area (Å²) in [5.41, 5.74) is 5.96. The van der Waals surface area contributed by atoms with Crippen LogP contribution in [0.4, 0.5) is 0 Å². The standard InChI is InChI=1S/C18H30N2/c1-13-9-14(2)17(15(3)10-13)11-20-12-18(5,6)19-8-7-16(20)4/h9-10,16,19H,7-8,11-12H2,1-6H3. The van der Waals surface area contributed by atoms with Crippen molar-refractivity contribution in [3.63, 3.8) is 0 Å². The van der Waals surface area contributed by atoms with Gasteiger partial charge in [-0.25, -0.2) is 0 Å². The van der Waals surface area contributed by atoms with Crippen molar-refractivity contribution in [1.29, 1.82) is 0 Å². The minimum atomic E-state index is 0.206. The first kappa shape index (κ1) is 15.5. The lowest BCUT2D eigenvalue weighted by atomic mass is 9.98. The van der Waals surface area contributed by atoms with Gasteiger partial charge in [0.25, 0.3) is 0 Å². The van der Waals surface area contributed by atoms with Crippen LogP contribution in [0.15, 0.2) is 12.1 Å². The molecule has 1 N–H and O–H groups in total. The Morgan fingerprint density at radius 3 is 2.40 bits per heavy atom. The largest absolute Gasteiger partial charge is 0.310 e. The molecule has 0 saturated carbocycles. The smallest absolute Gasteiger partial charge is 0.0252 e. The zero-order valence-electron chi connectivity index (χ0n) is 14.0. The second kappa shape index (κ2) is 5.87. The molecule has 2 rings (SSSR count). The van der Waals surface area contributed by atoms with E-state index in [0.29, 0.717) is 6.04 Å². The van der Waals surface area contributed by atoms with Gasteiger partial charge in [0.2, 0.25) is 0 Å². The fourth-order valence-electron chi connectivity index (χ4n) is 3.40. The van der Waals surface area contributed by atoms with Crippen molar-refractivity contribution in [2.45, 2.75) is 66.1 Å². The van der Waals surface area contributed by atoms with Crippen LogP contribution in [0.5, 0.6) is 0 Å². The molecule has 0 bridgehead atoms. The molecule has 1 saturated heterocycles. The molecule has 1 unspecified atom stereocenters. The fraction of sp³-hybridized carbons (Fsp3) is 0.667. The van der Waals surface area contributed by atoms with E-state index in [9.17, 15) is 0 Å². The Kier molecular flexibility index (Phi) is 4.55. The normalized spacial score (nSPS) is 23.6. The molecule has 20 heavy (non-hydrogen) atoms. The second-order valence-electron chi connectivity index (χ2n) is 7.23. The molecule has 0 aromatic heterocycles. The molecule has 1 fully saturated rings. The van der Waals surface area contributed by atoms with Crippen LogP contribution in [0.1, 0.15) is 49.4 Å². The van der Waals surface area contributed by atoms with Gasteiger partial charge in [-0.3, -0.25) is 4.90 Å². The average molecular weight is 274 g/mol. The molecule has 0 radical (unpaired) electrons. The van der Waals surface area contributed by atoms with Crippen LogP contribution in [-0.2, 0) is 6.54 Å². The summed E-state index contributed by atoms with van der Waals surface area (Å²) >= 11 is 0. The lowest BCUT2D eigenvalue weighted by Gasteiger charge is -2.33. The number of hydrogen-bond acceptors (Lipinski definition) is 2. The summed E-state index contributed by atoms with van der Waals surface area (Å²) in [5, 5.41) is 3.66. The lowest BCUT2D eigenvalue weighted by molar-refractivity contribution is 0.172. The van der Waals surface area contributed by atoms with E-state index in [1.165, 1.54) is 28.7 Å². The van der Waals surface area contributed by atoms with Crippen molar-refractivity contribution in [1.82, 2.24) is 10.2 Å². The highest BCUT2D eigenvalue weighted by Crippen LogP contribution is 2.23. The maximum atomic E-state index is 3.66. The molecule has 1 heterocycles. The van der Waals surface area contributed by atoms with E-state index in [2.05, 4.69) is 63.9 Å². The second-order valence-corrected chi connectivity index (χ2v) is 7.23. The molecule has 1 atom stereocenters. The Balaban J connectivity index is 2.23. The maximum absolute atomic E-state index is 3.66. The molecule has 0 spiro atoms. The first-order valence-electron chi connectivity index (χ1n) is 7.84. The maximum Gasteiger partial charge on any atom is 0.0252 e. The molecule has 1 aliphatic rings. The average Bonchev–Trinajstić information content (AvgIpc) is 2.43. The molecule has 2 nitrogen and oxygen atoms in total. The molecule has 112 valence electrons. The lowest BCUT2D eigenvalue weighted by Crippen LogP contribution is -2.47. The van der Waals surface area contributed by atoms with Crippen molar-refractivity contribution >= 4 is 0 Å². The highest BCUT2D eigenvalue weighted by molar-refractivity contribution is 5.37. The van der Waals surface area contributed by atoms with Crippen LogP contribution in [0.2, 0.25) is 0 Å². The van der Waals surface area contributed by atoms with Gasteiger partial charge in [-0.1, -0.05) is 17.7 Å². The van der Waals surface area contributed by atoms with Gasteiger partial charge in [0.05, 0.1) is 0 Å². The number of nitrogens with zero attached hydrogens (tertiary/aromatic N) is 1.